The van der Waals surface area contributed by atoms with Gasteiger partial charge >= 0.3 is 0 Å². The molecule has 0 aliphatic heterocycles. The van der Waals surface area contributed by atoms with E-state index in [-0.39, 0.29) is 0 Å². The normalized spacial score (nSPS) is 10.3. The van der Waals surface area contributed by atoms with Crippen LogP contribution in [0, 0.1) is 6.92 Å². The lowest BCUT2D eigenvalue weighted by Crippen LogP contribution is -2.04. The van der Waals surface area contributed by atoms with Crippen molar-refractivity contribution in [2.45, 2.75) is 20.3 Å². The molecule has 2 rings (SSSR count). The first-order chi connectivity index (χ1) is 9.19. The number of aryl methyl sites for hydroxylation is 1. The zero-order valence-corrected chi connectivity index (χ0v) is 11.8. The first-order valence-electron chi connectivity index (χ1n) is 6.39. The topological polar surface area (TPSA) is 47.0 Å². The molecule has 0 radical (unpaired) electrons. The smallest absolute Gasteiger partial charge is 0.161 e. The van der Waals surface area contributed by atoms with Gasteiger partial charge in [-0.15, -0.1) is 0 Å². The Balaban J connectivity index is 2.47. The van der Waals surface area contributed by atoms with Crippen LogP contribution in [-0.2, 0) is 6.42 Å². The van der Waals surface area contributed by atoms with Crippen molar-refractivity contribution >= 4 is 5.82 Å². The molecule has 0 unspecified atom stereocenters. The third-order valence-corrected chi connectivity index (χ3v) is 3.15. The molecular weight excluding hydrogens is 238 g/mol. The predicted octanol–water partition coefficient (Wildman–Crippen LogP) is 3.06. The maximum atomic E-state index is 5.16. The fourth-order valence-electron chi connectivity index (χ4n) is 2.10. The van der Waals surface area contributed by atoms with Gasteiger partial charge in [-0.05, 0) is 37.6 Å². The van der Waals surface area contributed by atoms with Gasteiger partial charge in [0, 0.05) is 23.9 Å². The number of anilines is 1. The van der Waals surface area contributed by atoms with Crippen LogP contribution in [0.2, 0.25) is 0 Å². The van der Waals surface area contributed by atoms with Crippen molar-refractivity contribution in [1.82, 2.24) is 9.97 Å². The van der Waals surface area contributed by atoms with Gasteiger partial charge in [0.25, 0.3) is 0 Å². The molecule has 0 saturated carbocycles. The first kappa shape index (κ1) is 13.3. The Morgan fingerprint density at radius 2 is 1.84 bits per heavy atom. The van der Waals surface area contributed by atoms with E-state index in [9.17, 15) is 0 Å². The second-order valence-corrected chi connectivity index (χ2v) is 4.29. The Morgan fingerprint density at radius 1 is 1.16 bits per heavy atom. The SMILES string of the molecule is CCc1c(C)nc(-c2ccc(OC)cc2)nc1NC. The van der Waals surface area contributed by atoms with Crippen LogP contribution in [0.5, 0.6) is 5.75 Å². The van der Waals surface area contributed by atoms with E-state index in [0.29, 0.717) is 0 Å². The summed E-state index contributed by atoms with van der Waals surface area (Å²) in [5.74, 6) is 2.47. The van der Waals surface area contributed by atoms with E-state index in [1.807, 2.05) is 38.2 Å². The number of hydrogen-bond donors (Lipinski definition) is 1. The number of methoxy groups -OCH3 is 1. The molecule has 1 N–H and O–H groups in total. The average molecular weight is 257 g/mol. The van der Waals surface area contributed by atoms with Crippen molar-refractivity contribution in [3.8, 4) is 17.1 Å². The average Bonchev–Trinajstić information content (AvgIpc) is 2.46. The summed E-state index contributed by atoms with van der Waals surface area (Å²) >= 11 is 0. The van der Waals surface area contributed by atoms with E-state index in [4.69, 9.17) is 4.74 Å². The number of ether oxygens (including phenoxy) is 1. The molecule has 19 heavy (non-hydrogen) atoms. The van der Waals surface area contributed by atoms with Gasteiger partial charge in [-0.1, -0.05) is 6.92 Å². The van der Waals surface area contributed by atoms with Crippen molar-refractivity contribution in [3.63, 3.8) is 0 Å². The third-order valence-electron chi connectivity index (χ3n) is 3.15. The number of aromatic nitrogens is 2. The Kier molecular flexibility index (Phi) is 4.00. The highest BCUT2D eigenvalue weighted by Crippen LogP contribution is 2.24. The summed E-state index contributed by atoms with van der Waals surface area (Å²) in [4.78, 5) is 9.17. The number of rotatable bonds is 4. The molecule has 0 aliphatic carbocycles. The molecule has 0 fully saturated rings. The van der Waals surface area contributed by atoms with E-state index in [1.165, 1.54) is 5.56 Å². The van der Waals surface area contributed by atoms with E-state index < -0.39 is 0 Å². The Hall–Kier alpha value is -2.10. The third kappa shape index (κ3) is 2.67. The highest BCUT2D eigenvalue weighted by molar-refractivity contribution is 5.60. The second kappa shape index (κ2) is 5.69. The van der Waals surface area contributed by atoms with Gasteiger partial charge in [-0.25, -0.2) is 9.97 Å². The zero-order chi connectivity index (χ0) is 13.8. The van der Waals surface area contributed by atoms with Crippen molar-refractivity contribution in [3.05, 3.63) is 35.5 Å². The van der Waals surface area contributed by atoms with Crippen LogP contribution in [-0.4, -0.2) is 24.1 Å². The van der Waals surface area contributed by atoms with E-state index >= 15 is 0 Å². The highest BCUT2D eigenvalue weighted by Gasteiger charge is 2.10. The van der Waals surface area contributed by atoms with Crippen molar-refractivity contribution in [1.29, 1.82) is 0 Å². The molecule has 0 atom stereocenters. The van der Waals surface area contributed by atoms with Crippen molar-refractivity contribution in [2.75, 3.05) is 19.5 Å². The number of nitrogens with zero attached hydrogens (tertiary/aromatic N) is 2. The molecule has 0 spiro atoms. The molecule has 1 aromatic heterocycles. The van der Waals surface area contributed by atoms with E-state index in [0.717, 1.165) is 35.1 Å². The monoisotopic (exact) mass is 257 g/mol. The van der Waals surface area contributed by atoms with Crippen LogP contribution < -0.4 is 10.1 Å². The lowest BCUT2D eigenvalue weighted by Gasteiger charge is -2.11. The standard InChI is InChI=1S/C15H19N3O/c1-5-13-10(2)17-14(18-15(13)16-3)11-6-8-12(19-4)9-7-11/h6-9H,5H2,1-4H3,(H,16,17,18). The largest absolute Gasteiger partial charge is 0.497 e. The zero-order valence-electron chi connectivity index (χ0n) is 11.8. The quantitative estimate of drug-likeness (QED) is 0.914. The lowest BCUT2D eigenvalue weighted by atomic mass is 10.1. The molecule has 1 heterocycles. The molecule has 2 aromatic rings. The predicted molar refractivity (Wildman–Crippen MR) is 77.7 cm³/mol. The van der Waals surface area contributed by atoms with Crippen LogP contribution in [0.25, 0.3) is 11.4 Å². The molecule has 0 aliphatic rings. The summed E-state index contributed by atoms with van der Waals surface area (Å²) in [6.07, 6.45) is 0.922. The summed E-state index contributed by atoms with van der Waals surface area (Å²) in [5.41, 5.74) is 3.18. The summed E-state index contributed by atoms with van der Waals surface area (Å²) in [5, 5.41) is 3.14. The maximum absolute atomic E-state index is 5.16. The minimum atomic E-state index is 0.738. The van der Waals surface area contributed by atoms with Crippen LogP contribution in [0.3, 0.4) is 0 Å². The van der Waals surface area contributed by atoms with Gasteiger partial charge < -0.3 is 10.1 Å². The van der Waals surface area contributed by atoms with E-state index in [1.54, 1.807) is 7.11 Å². The molecule has 4 nitrogen and oxygen atoms in total. The van der Waals surface area contributed by atoms with Gasteiger partial charge in [-0.3, -0.25) is 0 Å². The molecule has 100 valence electrons. The fraction of sp³-hybridized carbons (Fsp3) is 0.333. The van der Waals surface area contributed by atoms with Crippen LogP contribution in [0.1, 0.15) is 18.2 Å². The van der Waals surface area contributed by atoms with Gasteiger partial charge in [0.15, 0.2) is 5.82 Å². The molecular formula is C15H19N3O. The van der Waals surface area contributed by atoms with Gasteiger partial charge in [-0.2, -0.15) is 0 Å². The van der Waals surface area contributed by atoms with Gasteiger partial charge in [0.1, 0.15) is 11.6 Å². The van der Waals surface area contributed by atoms with Crippen molar-refractivity contribution < 1.29 is 4.74 Å². The summed E-state index contributed by atoms with van der Waals surface area (Å²) in [6.45, 7) is 4.13. The van der Waals surface area contributed by atoms with Crippen LogP contribution >= 0.6 is 0 Å². The Bertz CT molecular complexity index is 564. The molecule has 1 aromatic carbocycles. The number of nitrogens with one attached hydrogen (secondary N) is 1. The van der Waals surface area contributed by atoms with Crippen molar-refractivity contribution in [2.24, 2.45) is 0 Å². The van der Waals surface area contributed by atoms with Gasteiger partial charge in [0.05, 0.1) is 7.11 Å². The minimum Gasteiger partial charge on any atom is -0.497 e. The molecule has 4 heteroatoms. The molecule has 0 saturated heterocycles. The number of benzene rings is 1. The summed E-state index contributed by atoms with van der Waals surface area (Å²) in [7, 11) is 3.55. The first-order valence-corrected chi connectivity index (χ1v) is 6.39. The Morgan fingerprint density at radius 3 is 2.37 bits per heavy atom. The Labute approximate surface area is 113 Å². The van der Waals surface area contributed by atoms with Gasteiger partial charge in [0.2, 0.25) is 0 Å². The molecule has 0 amide bonds. The maximum Gasteiger partial charge on any atom is 0.161 e. The summed E-state index contributed by atoms with van der Waals surface area (Å²) < 4.78 is 5.16. The van der Waals surface area contributed by atoms with Crippen LogP contribution in [0.15, 0.2) is 24.3 Å². The van der Waals surface area contributed by atoms with E-state index in [2.05, 4.69) is 22.2 Å². The van der Waals surface area contributed by atoms with Crippen LogP contribution in [0.4, 0.5) is 5.82 Å². The fourth-order valence-corrected chi connectivity index (χ4v) is 2.10. The minimum absolute atomic E-state index is 0.738. The number of hydrogen-bond acceptors (Lipinski definition) is 4. The highest BCUT2D eigenvalue weighted by atomic mass is 16.5. The lowest BCUT2D eigenvalue weighted by molar-refractivity contribution is 0.415. The molecule has 0 bridgehead atoms. The summed E-state index contributed by atoms with van der Waals surface area (Å²) in [6, 6.07) is 7.78. The second-order valence-electron chi connectivity index (χ2n) is 4.29.